The number of carboxylic acid groups (broad SMARTS) is 1. The fraction of sp³-hybridized carbons (Fsp3) is 0.231. The molecule has 1 aliphatic rings. The van der Waals surface area contributed by atoms with Gasteiger partial charge in [0.05, 0.1) is 0 Å². The van der Waals surface area contributed by atoms with Gasteiger partial charge in [-0.3, -0.25) is 0 Å². The first kappa shape index (κ1) is 11.4. The summed E-state index contributed by atoms with van der Waals surface area (Å²) in [6, 6.07) is 9.76. The molecule has 2 rings (SSSR count). The van der Waals surface area contributed by atoms with E-state index >= 15 is 0 Å². The maximum absolute atomic E-state index is 10.7. The number of benzene rings is 1. The molecule has 1 heterocycles. The standard InChI is InChI=1S/C13H13NO3/c1-9(13(15)16)7-12-14-11(8-17-12)10-5-3-2-4-6-10/h2-7,11H,8H2,1H3,(H,15,16)/b9-7+/t11-/m0/s1. The summed E-state index contributed by atoms with van der Waals surface area (Å²) < 4.78 is 5.35. The van der Waals surface area contributed by atoms with Gasteiger partial charge in [0.1, 0.15) is 12.6 Å². The van der Waals surface area contributed by atoms with Crippen LogP contribution in [0, 0.1) is 0 Å². The van der Waals surface area contributed by atoms with Crippen LogP contribution in [0.4, 0.5) is 0 Å². The molecule has 0 bridgehead atoms. The van der Waals surface area contributed by atoms with Crippen LogP contribution in [-0.2, 0) is 9.53 Å². The van der Waals surface area contributed by atoms with Crippen LogP contribution in [-0.4, -0.2) is 23.6 Å². The van der Waals surface area contributed by atoms with Gasteiger partial charge < -0.3 is 9.84 Å². The quantitative estimate of drug-likeness (QED) is 0.811. The van der Waals surface area contributed by atoms with E-state index in [2.05, 4.69) is 4.99 Å². The SMILES string of the molecule is C/C(=C\C1=N[C@H](c2ccccc2)CO1)C(=O)O. The number of carboxylic acids is 1. The van der Waals surface area contributed by atoms with Gasteiger partial charge in [-0.1, -0.05) is 30.3 Å². The van der Waals surface area contributed by atoms with Gasteiger partial charge in [0, 0.05) is 11.6 Å². The summed E-state index contributed by atoms with van der Waals surface area (Å²) in [4.78, 5) is 15.0. The molecule has 0 saturated carbocycles. The van der Waals surface area contributed by atoms with Crippen LogP contribution in [0.1, 0.15) is 18.5 Å². The summed E-state index contributed by atoms with van der Waals surface area (Å²) >= 11 is 0. The van der Waals surface area contributed by atoms with Gasteiger partial charge in [-0.05, 0) is 12.5 Å². The Labute approximate surface area is 99.3 Å². The number of rotatable bonds is 3. The second-order valence-electron chi connectivity index (χ2n) is 3.84. The first-order valence-electron chi connectivity index (χ1n) is 5.34. The number of carbonyl (C=O) groups is 1. The van der Waals surface area contributed by atoms with E-state index in [9.17, 15) is 4.79 Å². The molecule has 0 spiro atoms. The maximum Gasteiger partial charge on any atom is 0.331 e. The van der Waals surface area contributed by atoms with Crippen molar-refractivity contribution in [2.45, 2.75) is 13.0 Å². The summed E-state index contributed by atoms with van der Waals surface area (Å²) in [6.07, 6.45) is 1.45. The lowest BCUT2D eigenvalue weighted by Crippen LogP contribution is -2.01. The number of hydrogen-bond acceptors (Lipinski definition) is 3. The molecule has 0 unspecified atom stereocenters. The Morgan fingerprint density at radius 3 is 2.82 bits per heavy atom. The molecule has 4 heteroatoms. The molecule has 1 aliphatic heterocycles. The van der Waals surface area contributed by atoms with Crippen molar-refractivity contribution < 1.29 is 14.6 Å². The van der Waals surface area contributed by atoms with Gasteiger partial charge in [-0.2, -0.15) is 0 Å². The van der Waals surface area contributed by atoms with Crippen LogP contribution in [0.5, 0.6) is 0 Å². The number of hydrogen-bond donors (Lipinski definition) is 1. The Morgan fingerprint density at radius 1 is 1.47 bits per heavy atom. The predicted octanol–water partition coefficient (Wildman–Crippen LogP) is 2.19. The second-order valence-corrected chi connectivity index (χ2v) is 3.84. The minimum atomic E-state index is -0.959. The smallest absolute Gasteiger partial charge is 0.331 e. The van der Waals surface area contributed by atoms with E-state index in [1.54, 1.807) is 0 Å². The topological polar surface area (TPSA) is 58.9 Å². The third-order valence-corrected chi connectivity index (χ3v) is 2.53. The molecule has 0 radical (unpaired) electrons. The van der Waals surface area contributed by atoms with Gasteiger partial charge >= 0.3 is 5.97 Å². The van der Waals surface area contributed by atoms with Crippen molar-refractivity contribution in [2.24, 2.45) is 4.99 Å². The van der Waals surface area contributed by atoms with E-state index in [-0.39, 0.29) is 11.6 Å². The highest BCUT2D eigenvalue weighted by atomic mass is 16.5. The van der Waals surface area contributed by atoms with E-state index in [0.29, 0.717) is 12.5 Å². The zero-order valence-electron chi connectivity index (χ0n) is 9.46. The van der Waals surface area contributed by atoms with Crippen molar-refractivity contribution in [3.63, 3.8) is 0 Å². The summed E-state index contributed by atoms with van der Waals surface area (Å²) in [5.41, 5.74) is 1.29. The Hall–Kier alpha value is -2.10. The highest BCUT2D eigenvalue weighted by Crippen LogP contribution is 2.23. The molecule has 4 nitrogen and oxygen atoms in total. The number of ether oxygens (including phenoxy) is 1. The fourth-order valence-corrected chi connectivity index (χ4v) is 1.56. The average Bonchev–Trinajstić information content (AvgIpc) is 2.78. The largest absolute Gasteiger partial charge is 0.478 e. The molecular formula is C13H13NO3. The first-order valence-corrected chi connectivity index (χ1v) is 5.34. The van der Waals surface area contributed by atoms with E-state index in [4.69, 9.17) is 9.84 Å². The predicted molar refractivity (Wildman–Crippen MR) is 64.0 cm³/mol. The normalized spacial score (nSPS) is 19.7. The van der Waals surface area contributed by atoms with Gasteiger partial charge in [0.25, 0.3) is 0 Å². The molecule has 1 aromatic carbocycles. The third-order valence-electron chi connectivity index (χ3n) is 2.53. The monoisotopic (exact) mass is 231 g/mol. The number of nitrogens with zero attached hydrogens (tertiary/aromatic N) is 1. The lowest BCUT2D eigenvalue weighted by molar-refractivity contribution is -0.132. The fourth-order valence-electron chi connectivity index (χ4n) is 1.56. The summed E-state index contributed by atoms with van der Waals surface area (Å²) in [7, 11) is 0. The van der Waals surface area contributed by atoms with E-state index < -0.39 is 5.97 Å². The zero-order chi connectivity index (χ0) is 12.3. The summed E-state index contributed by atoms with van der Waals surface area (Å²) in [5, 5.41) is 8.75. The van der Waals surface area contributed by atoms with Gasteiger partial charge in [0.2, 0.25) is 5.90 Å². The molecule has 0 saturated heterocycles. The minimum absolute atomic E-state index is 0.0379. The van der Waals surface area contributed by atoms with Crippen molar-refractivity contribution in [1.82, 2.24) is 0 Å². The molecule has 1 atom stereocenters. The number of aliphatic carboxylic acids is 1. The van der Waals surface area contributed by atoms with Crippen molar-refractivity contribution in [1.29, 1.82) is 0 Å². The van der Waals surface area contributed by atoms with Crippen LogP contribution in [0.2, 0.25) is 0 Å². The molecule has 0 amide bonds. The molecular weight excluding hydrogens is 218 g/mol. The molecule has 0 aliphatic carbocycles. The lowest BCUT2D eigenvalue weighted by Gasteiger charge is -2.03. The minimum Gasteiger partial charge on any atom is -0.478 e. The molecule has 1 aromatic rings. The molecule has 0 fully saturated rings. The summed E-state index contributed by atoms with van der Waals surface area (Å²) in [5.74, 6) is -0.571. The molecule has 1 N–H and O–H groups in total. The molecule has 17 heavy (non-hydrogen) atoms. The van der Waals surface area contributed by atoms with Crippen LogP contribution in [0.15, 0.2) is 47.0 Å². The van der Waals surface area contributed by atoms with Crippen LogP contribution in [0.3, 0.4) is 0 Å². The highest BCUT2D eigenvalue weighted by Gasteiger charge is 2.19. The summed E-state index contributed by atoms with van der Waals surface area (Å²) in [6.45, 7) is 1.98. The van der Waals surface area contributed by atoms with Crippen molar-refractivity contribution in [2.75, 3.05) is 6.61 Å². The van der Waals surface area contributed by atoms with E-state index in [0.717, 1.165) is 5.56 Å². The lowest BCUT2D eigenvalue weighted by atomic mass is 10.1. The van der Waals surface area contributed by atoms with Crippen LogP contribution in [0.25, 0.3) is 0 Å². The van der Waals surface area contributed by atoms with Crippen LogP contribution >= 0.6 is 0 Å². The number of aliphatic imine (C=N–C) groups is 1. The van der Waals surface area contributed by atoms with Crippen molar-refractivity contribution >= 4 is 11.9 Å². The van der Waals surface area contributed by atoms with Crippen LogP contribution < -0.4 is 0 Å². The van der Waals surface area contributed by atoms with Crippen molar-refractivity contribution in [3.8, 4) is 0 Å². The average molecular weight is 231 g/mol. The second kappa shape index (κ2) is 4.82. The third kappa shape index (κ3) is 2.72. The van der Waals surface area contributed by atoms with E-state index in [1.807, 2.05) is 30.3 Å². The Morgan fingerprint density at radius 2 is 2.18 bits per heavy atom. The Balaban J connectivity index is 2.15. The van der Waals surface area contributed by atoms with Crippen molar-refractivity contribution in [3.05, 3.63) is 47.5 Å². The van der Waals surface area contributed by atoms with E-state index in [1.165, 1.54) is 13.0 Å². The van der Waals surface area contributed by atoms with Gasteiger partial charge in [-0.25, -0.2) is 9.79 Å². The zero-order valence-corrected chi connectivity index (χ0v) is 9.46. The maximum atomic E-state index is 10.7. The van der Waals surface area contributed by atoms with Gasteiger partial charge in [-0.15, -0.1) is 0 Å². The molecule has 0 aromatic heterocycles. The Kier molecular flexibility index (Phi) is 3.23. The Bertz CT molecular complexity index is 477. The van der Waals surface area contributed by atoms with Gasteiger partial charge in [0.15, 0.2) is 0 Å². The highest BCUT2D eigenvalue weighted by molar-refractivity contribution is 5.97. The molecule has 88 valence electrons. The first-order chi connectivity index (χ1) is 8.16.